The first kappa shape index (κ1) is 14.7. The Morgan fingerprint density at radius 1 is 1.35 bits per heavy atom. The lowest BCUT2D eigenvalue weighted by molar-refractivity contribution is -0.384. The van der Waals surface area contributed by atoms with E-state index in [1.165, 1.54) is 18.2 Å². The molecule has 1 heterocycles. The molecule has 0 aliphatic heterocycles. The Kier molecular flexibility index (Phi) is 4.50. The first-order valence-electron chi connectivity index (χ1n) is 5.34. The fourth-order valence-electron chi connectivity index (χ4n) is 1.43. The fourth-order valence-corrected chi connectivity index (χ4v) is 2.00. The molecule has 102 valence electrons. The van der Waals surface area contributed by atoms with E-state index in [1.807, 2.05) is 0 Å². The summed E-state index contributed by atoms with van der Waals surface area (Å²) in [4.78, 5) is 26.0. The van der Waals surface area contributed by atoms with Crippen LogP contribution in [0.15, 0.2) is 36.5 Å². The molecule has 2 aromatic rings. The molecule has 0 bridgehead atoms. The number of halogens is 2. The molecule has 0 aliphatic rings. The molecule has 0 aliphatic carbocycles. The van der Waals surface area contributed by atoms with E-state index in [2.05, 4.69) is 32.9 Å². The number of hydrogen-bond acceptors (Lipinski definition) is 4. The van der Waals surface area contributed by atoms with Crippen molar-refractivity contribution < 1.29 is 9.72 Å². The zero-order chi connectivity index (χ0) is 14.7. The van der Waals surface area contributed by atoms with Gasteiger partial charge in [0, 0.05) is 21.4 Å². The lowest BCUT2D eigenvalue weighted by Gasteiger charge is -2.05. The minimum Gasteiger partial charge on any atom is -0.307 e. The van der Waals surface area contributed by atoms with E-state index in [1.54, 1.807) is 18.3 Å². The Morgan fingerprint density at radius 2 is 2.10 bits per heavy atom. The van der Waals surface area contributed by atoms with Crippen molar-refractivity contribution in [1.29, 1.82) is 0 Å². The quantitative estimate of drug-likeness (QED) is 0.483. The van der Waals surface area contributed by atoms with Gasteiger partial charge in [0.1, 0.15) is 10.8 Å². The maximum Gasteiger partial charge on any atom is 0.287 e. The van der Waals surface area contributed by atoms with Crippen molar-refractivity contribution in [2.75, 3.05) is 5.32 Å². The number of carbonyl (C=O) groups is 1. The SMILES string of the molecule is O=C(Nc1ccc(I)cn1)c1ccc([N+](=O)[O-])c(Cl)c1. The highest BCUT2D eigenvalue weighted by molar-refractivity contribution is 14.1. The first-order chi connectivity index (χ1) is 9.47. The molecule has 20 heavy (non-hydrogen) atoms. The lowest BCUT2D eigenvalue weighted by Crippen LogP contribution is -2.13. The molecular weight excluding hydrogens is 397 g/mol. The molecule has 1 aromatic heterocycles. The molecular formula is C12H7ClIN3O3. The highest BCUT2D eigenvalue weighted by Gasteiger charge is 2.15. The van der Waals surface area contributed by atoms with Crippen LogP contribution in [0.2, 0.25) is 5.02 Å². The van der Waals surface area contributed by atoms with Crippen molar-refractivity contribution in [1.82, 2.24) is 4.98 Å². The average Bonchev–Trinajstić information content (AvgIpc) is 2.40. The van der Waals surface area contributed by atoms with Crippen LogP contribution in [-0.2, 0) is 0 Å². The summed E-state index contributed by atoms with van der Waals surface area (Å²) < 4.78 is 0.943. The van der Waals surface area contributed by atoms with E-state index in [9.17, 15) is 14.9 Å². The Bertz CT molecular complexity index is 676. The van der Waals surface area contributed by atoms with Crippen molar-refractivity contribution in [3.63, 3.8) is 0 Å². The largest absolute Gasteiger partial charge is 0.307 e. The van der Waals surface area contributed by atoms with Crippen molar-refractivity contribution in [3.05, 3.63) is 60.8 Å². The van der Waals surface area contributed by atoms with Gasteiger partial charge < -0.3 is 5.32 Å². The molecule has 0 saturated carbocycles. The second-order valence-corrected chi connectivity index (χ2v) is 5.39. The standard InChI is InChI=1S/C12H7ClIN3O3/c13-9-5-7(1-3-10(9)17(19)20)12(18)16-11-4-2-8(14)6-15-11/h1-6H,(H,15,16,18). The minimum atomic E-state index is -0.606. The summed E-state index contributed by atoms with van der Waals surface area (Å²) in [6, 6.07) is 7.24. The van der Waals surface area contributed by atoms with Gasteiger partial charge in [-0.05, 0) is 46.9 Å². The number of nitrogens with one attached hydrogen (secondary N) is 1. The third kappa shape index (κ3) is 3.42. The Labute approximate surface area is 132 Å². The van der Waals surface area contributed by atoms with Crippen molar-refractivity contribution in [2.45, 2.75) is 0 Å². The Morgan fingerprint density at radius 3 is 2.65 bits per heavy atom. The number of rotatable bonds is 3. The van der Waals surface area contributed by atoms with Crippen molar-refractivity contribution in [3.8, 4) is 0 Å². The van der Waals surface area contributed by atoms with Crippen LogP contribution in [0.3, 0.4) is 0 Å². The highest BCUT2D eigenvalue weighted by Crippen LogP contribution is 2.25. The second kappa shape index (κ2) is 6.14. The van der Waals surface area contributed by atoms with Crippen molar-refractivity contribution >= 4 is 51.6 Å². The topological polar surface area (TPSA) is 85.1 Å². The van der Waals surface area contributed by atoms with Gasteiger partial charge in [0.2, 0.25) is 0 Å². The number of amides is 1. The smallest absolute Gasteiger partial charge is 0.287 e. The number of nitro benzene ring substituents is 1. The summed E-state index contributed by atoms with van der Waals surface area (Å²) in [5.74, 6) is -0.0413. The van der Waals surface area contributed by atoms with Crippen molar-refractivity contribution in [2.24, 2.45) is 0 Å². The van der Waals surface area contributed by atoms with Gasteiger partial charge in [-0.2, -0.15) is 0 Å². The summed E-state index contributed by atoms with van der Waals surface area (Å²) >= 11 is 7.85. The molecule has 0 radical (unpaired) electrons. The number of pyridine rings is 1. The summed E-state index contributed by atoms with van der Waals surface area (Å²) in [5, 5.41) is 13.1. The number of nitrogens with zero attached hydrogens (tertiary/aromatic N) is 2. The van der Waals surface area contributed by atoms with Crippen LogP contribution in [0.4, 0.5) is 11.5 Å². The molecule has 0 fully saturated rings. The number of carbonyl (C=O) groups excluding carboxylic acids is 1. The summed E-state index contributed by atoms with van der Waals surface area (Å²) in [6.45, 7) is 0. The van der Waals surface area contributed by atoms with Crippen LogP contribution in [0.1, 0.15) is 10.4 Å². The van der Waals surface area contributed by atoms with Gasteiger partial charge in [-0.3, -0.25) is 14.9 Å². The van der Waals surface area contributed by atoms with Crippen LogP contribution in [0.25, 0.3) is 0 Å². The molecule has 0 saturated heterocycles. The number of nitro groups is 1. The Hall–Kier alpha value is -1.74. The Balaban J connectivity index is 2.19. The van der Waals surface area contributed by atoms with E-state index in [-0.39, 0.29) is 16.3 Å². The maximum atomic E-state index is 12.0. The molecule has 0 spiro atoms. The van der Waals surface area contributed by atoms with Crippen LogP contribution >= 0.6 is 34.2 Å². The van der Waals surface area contributed by atoms with E-state index < -0.39 is 10.8 Å². The summed E-state index contributed by atoms with van der Waals surface area (Å²) in [6.07, 6.45) is 1.61. The van der Waals surface area contributed by atoms with Crippen LogP contribution in [-0.4, -0.2) is 15.8 Å². The monoisotopic (exact) mass is 403 g/mol. The van der Waals surface area contributed by atoms with Gasteiger partial charge >= 0.3 is 0 Å². The summed E-state index contributed by atoms with van der Waals surface area (Å²) in [7, 11) is 0. The average molecular weight is 404 g/mol. The molecule has 2 rings (SSSR count). The number of benzene rings is 1. The molecule has 8 heteroatoms. The van der Waals surface area contributed by atoms with Gasteiger partial charge in [-0.1, -0.05) is 11.6 Å². The fraction of sp³-hybridized carbons (Fsp3) is 0. The van der Waals surface area contributed by atoms with Gasteiger partial charge in [0.25, 0.3) is 11.6 Å². The van der Waals surface area contributed by atoms with Crippen LogP contribution < -0.4 is 5.32 Å². The summed E-state index contributed by atoms with van der Waals surface area (Å²) in [5.41, 5.74) is -0.0171. The lowest BCUT2D eigenvalue weighted by atomic mass is 10.2. The highest BCUT2D eigenvalue weighted by atomic mass is 127. The zero-order valence-electron chi connectivity index (χ0n) is 9.84. The molecule has 0 atom stereocenters. The van der Waals surface area contributed by atoms with Gasteiger partial charge in [-0.15, -0.1) is 0 Å². The normalized spacial score (nSPS) is 10.1. The molecule has 0 unspecified atom stereocenters. The predicted octanol–water partition coefficient (Wildman–Crippen LogP) is 3.50. The van der Waals surface area contributed by atoms with Gasteiger partial charge in [0.15, 0.2) is 0 Å². The van der Waals surface area contributed by atoms with Gasteiger partial charge in [-0.25, -0.2) is 4.98 Å². The zero-order valence-corrected chi connectivity index (χ0v) is 12.8. The minimum absolute atomic E-state index is 0.0850. The van der Waals surface area contributed by atoms with Gasteiger partial charge in [0.05, 0.1) is 4.92 Å². The number of hydrogen-bond donors (Lipinski definition) is 1. The van der Waals surface area contributed by atoms with E-state index in [0.717, 1.165) is 3.57 Å². The maximum absolute atomic E-state index is 12.0. The third-order valence-electron chi connectivity index (χ3n) is 2.38. The predicted molar refractivity (Wildman–Crippen MR) is 83.0 cm³/mol. The molecule has 6 nitrogen and oxygen atoms in total. The van der Waals surface area contributed by atoms with Crippen LogP contribution in [0, 0.1) is 13.7 Å². The number of aromatic nitrogens is 1. The molecule has 1 amide bonds. The second-order valence-electron chi connectivity index (χ2n) is 3.74. The molecule has 1 N–H and O–H groups in total. The number of anilines is 1. The van der Waals surface area contributed by atoms with E-state index in [4.69, 9.17) is 11.6 Å². The first-order valence-corrected chi connectivity index (χ1v) is 6.80. The molecule has 1 aromatic carbocycles. The van der Waals surface area contributed by atoms with E-state index >= 15 is 0 Å². The van der Waals surface area contributed by atoms with Crippen LogP contribution in [0.5, 0.6) is 0 Å². The third-order valence-corrected chi connectivity index (χ3v) is 3.32. The van der Waals surface area contributed by atoms with E-state index in [0.29, 0.717) is 5.82 Å².